The monoisotopic (exact) mass is 685 g/mol. The van der Waals surface area contributed by atoms with Crippen molar-refractivity contribution in [2.75, 3.05) is 0 Å². The highest BCUT2D eigenvalue weighted by molar-refractivity contribution is 5.67. The van der Waals surface area contributed by atoms with Crippen LogP contribution in [0.3, 0.4) is 0 Å². The van der Waals surface area contributed by atoms with Crippen LogP contribution < -0.4 is 0 Å². The minimum Gasteiger partial charge on any atom is -0.0683 e. The number of aryl methyl sites for hydroxylation is 3. The van der Waals surface area contributed by atoms with Crippen molar-refractivity contribution in [3.05, 3.63) is 180 Å². The zero-order valence-corrected chi connectivity index (χ0v) is 35.1. The van der Waals surface area contributed by atoms with Crippen LogP contribution in [0, 0.1) is 20.8 Å². The van der Waals surface area contributed by atoms with Gasteiger partial charge in [0.05, 0.1) is 0 Å². The van der Waals surface area contributed by atoms with Gasteiger partial charge in [0.1, 0.15) is 0 Å². The first-order valence-corrected chi connectivity index (χ1v) is 19.5. The van der Waals surface area contributed by atoms with Crippen LogP contribution in [0.4, 0.5) is 0 Å². The van der Waals surface area contributed by atoms with Crippen molar-refractivity contribution >= 4 is 0 Å². The summed E-state index contributed by atoms with van der Waals surface area (Å²) in [6, 6.07) is 56.9. The van der Waals surface area contributed by atoms with Crippen molar-refractivity contribution in [2.45, 2.75) is 104 Å². The fraction of sp³-hybridized carbons (Fsp3) is 0.294. The molecule has 0 saturated heterocycles. The third kappa shape index (κ3) is 21.9. The predicted octanol–water partition coefficient (Wildman–Crippen LogP) is 17.1. The minimum atomic E-state index is 1.28. The van der Waals surface area contributed by atoms with Gasteiger partial charge in [-0.2, -0.15) is 0 Å². The second-order valence-electron chi connectivity index (χ2n) is 9.65. The lowest BCUT2D eigenvalue weighted by Crippen LogP contribution is -1.80. The highest BCUT2D eigenvalue weighted by atomic mass is 14.0. The molecule has 0 aliphatic rings. The summed E-state index contributed by atoms with van der Waals surface area (Å²) < 4.78 is 0. The van der Waals surface area contributed by atoms with Gasteiger partial charge in [0, 0.05) is 0 Å². The average molecular weight is 685 g/mol. The Morgan fingerprint density at radius 2 is 0.569 bits per heavy atom. The zero-order valence-electron chi connectivity index (χ0n) is 35.1. The van der Waals surface area contributed by atoms with Gasteiger partial charge in [0.15, 0.2) is 0 Å². The van der Waals surface area contributed by atoms with Crippen molar-refractivity contribution in [1.29, 1.82) is 0 Å². The first-order chi connectivity index (χ1) is 25.1. The Balaban J connectivity index is -0.000000589. The molecule has 0 spiro atoms. The molecular formula is C51H72. The molecular weight excluding hydrogens is 613 g/mol. The van der Waals surface area contributed by atoms with Crippen LogP contribution in [0.5, 0.6) is 0 Å². The molecule has 0 atom stereocenters. The second-order valence-corrected chi connectivity index (χ2v) is 9.65. The molecule has 0 aromatic heterocycles. The van der Waals surface area contributed by atoms with E-state index in [1.807, 2.05) is 101 Å². The van der Waals surface area contributed by atoms with Crippen molar-refractivity contribution in [1.82, 2.24) is 0 Å². The zero-order chi connectivity index (χ0) is 39.3. The van der Waals surface area contributed by atoms with E-state index in [0.717, 1.165) is 0 Å². The smallest absolute Gasteiger partial charge is 0.0155 e. The van der Waals surface area contributed by atoms with Gasteiger partial charge in [-0.3, -0.25) is 0 Å². The largest absolute Gasteiger partial charge is 0.0683 e. The highest BCUT2D eigenvalue weighted by Gasteiger charge is 1.98. The fourth-order valence-electron chi connectivity index (χ4n) is 4.35. The van der Waals surface area contributed by atoms with Gasteiger partial charge in [-0.15, -0.1) is 0 Å². The van der Waals surface area contributed by atoms with Crippen molar-refractivity contribution in [3.63, 3.8) is 0 Å². The van der Waals surface area contributed by atoms with E-state index in [1.165, 1.54) is 50.1 Å². The topological polar surface area (TPSA) is 0 Å². The lowest BCUT2D eigenvalue weighted by atomic mass is 10.0. The number of hydrogen-bond donors (Lipinski definition) is 0. The van der Waals surface area contributed by atoms with Gasteiger partial charge in [-0.25, -0.2) is 0 Å². The molecule has 0 radical (unpaired) electrons. The molecule has 6 aromatic rings. The quantitative estimate of drug-likeness (QED) is 0.174. The third-order valence-corrected chi connectivity index (χ3v) is 6.51. The van der Waals surface area contributed by atoms with Crippen molar-refractivity contribution in [2.24, 2.45) is 0 Å². The lowest BCUT2D eigenvalue weighted by molar-refractivity contribution is 1.46. The van der Waals surface area contributed by atoms with Crippen molar-refractivity contribution < 1.29 is 0 Å². The van der Waals surface area contributed by atoms with E-state index in [4.69, 9.17) is 0 Å². The molecule has 0 heterocycles. The SMILES string of the molecule is CC.CC.CC.CC.CC.CC.Cc1ccc(-c2ccccc2)cc1.Cc1cccc(-c2ccccc2)c1.Cc1ccccc1-c1ccccc1. The molecule has 0 bridgehead atoms. The molecule has 6 aromatic carbocycles. The third-order valence-electron chi connectivity index (χ3n) is 6.51. The molecule has 51 heavy (non-hydrogen) atoms. The Morgan fingerprint density at radius 1 is 0.235 bits per heavy atom. The van der Waals surface area contributed by atoms with E-state index >= 15 is 0 Å². The molecule has 0 fully saturated rings. The van der Waals surface area contributed by atoms with Crippen LogP contribution >= 0.6 is 0 Å². The van der Waals surface area contributed by atoms with Crippen LogP contribution in [-0.4, -0.2) is 0 Å². The molecule has 0 heteroatoms. The summed E-state index contributed by atoms with van der Waals surface area (Å²) in [6.45, 7) is 30.4. The van der Waals surface area contributed by atoms with Gasteiger partial charge in [-0.1, -0.05) is 258 Å². The summed E-state index contributed by atoms with van der Waals surface area (Å²) >= 11 is 0. The Bertz CT molecular complexity index is 1530. The predicted molar refractivity (Wildman–Crippen MR) is 238 cm³/mol. The summed E-state index contributed by atoms with van der Waals surface area (Å²) in [7, 11) is 0. The van der Waals surface area contributed by atoms with E-state index in [9.17, 15) is 0 Å². The first kappa shape index (κ1) is 50.7. The van der Waals surface area contributed by atoms with Gasteiger partial charge in [0.2, 0.25) is 0 Å². The van der Waals surface area contributed by atoms with Crippen LogP contribution in [0.25, 0.3) is 33.4 Å². The Hall–Kier alpha value is -4.68. The van der Waals surface area contributed by atoms with E-state index < -0.39 is 0 Å². The van der Waals surface area contributed by atoms with Crippen LogP contribution in [0.15, 0.2) is 164 Å². The molecule has 0 nitrogen and oxygen atoms in total. The van der Waals surface area contributed by atoms with Gasteiger partial charge < -0.3 is 0 Å². The van der Waals surface area contributed by atoms with Crippen LogP contribution in [-0.2, 0) is 0 Å². The Labute approximate surface area is 316 Å². The summed E-state index contributed by atoms with van der Waals surface area (Å²) in [5, 5.41) is 0. The fourth-order valence-corrected chi connectivity index (χ4v) is 4.35. The Kier molecular flexibility index (Phi) is 36.4. The average Bonchev–Trinajstić information content (AvgIpc) is 3.24. The van der Waals surface area contributed by atoms with E-state index in [-0.39, 0.29) is 0 Å². The number of rotatable bonds is 3. The molecule has 0 aliphatic heterocycles. The number of hydrogen-bond acceptors (Lipinski definition) is 0. The maximum atomic E-state index is 2.20. The molecule has 6 rings (SSSR count). The number of benzene rings is 6. The maximum absolute atomic E-state index is 2.20. The van der Waals surface area contributed by atoms with E-state index in [0.29, 0.717) is 0 Å². The Morgan fingerprint density at radius 3 is 0.980 bits per heavy atom. The molecule has 0 N–H and O–H groups in total. The molecule has 0 aliphatic carbocycles. The molecule has 0 amide bonds. The minimum absolute atomic E-state index is 1.28. The highest BCUT2D eigenvalue weighted by Crippen LogP contribution is 2.22. The van der Waals surface area contributed by atoms with Gasteiger partial charge in [0.25, 0.3) is 0 Å². The van der Waals surface area contributed by atoms with E-state index in [1.54, 1.807) is 0 Å². The lowest BCUT2D eigenvalue weighted by Gasteiger charge is -2.04. The maximum Gasteiger partial charge on any atom is -0.0155 e. The van der Waals surface area contributed by atoms with E-state index in [2.05, 4.69) is 166 Å². The first-order valence-electron chi connectivity index (χ1n) is 19.5. The molecule has 276 valence electrons. The summed E-state index contributed by atoms with van der Waals surface area (Å²) in [5.74, 6) is 0. The summed E-state index contributed by atoms with van der Waals surface area (Å²) in [4.78, 5) is 0. The van der Waals surface area contributed by atoms with Gasteiger partial charge >= 0.3 is 0 Å². The summed E-state index contributed by atoms with van der Waals surface area (Å²) in [6.07, 6.45) is 0. The van der Waals surface area contributed by atoms with Crippen LogP contribution in [0.2, 0.25) is 0 Å². The normalized spacial score (nSPS) is 8.29. The van der Waals surface area contributed by atoms with Crippen LogP contribution in [0.1, 0.15) is 99.8 Å². The van der Waals surface area contributed by atoms with Gasteiger partial charge in [-0.05, 0) is 59.7 Å². The molecule has 0 saturated carbocycles. The van der Waals surface area contributed by atoms with Crippen molar-refractivity contribution in [3.8, 4) is 33.4 Å². The second kappa shape index (κ2) is 36.6. The molecule has 0 unspecified atom stereocenters. The summed E-state index contributed by atoms with van der Waals surface area (Å²) in [5.41, 5.74) is 11.7. The standard InChI is InChI=1S/3C13H12.6C2H6/c1-11-7-5-6-10-13(11)12-8-3-2-4-9-12;1-11-6-5-9-13(10-11)12-7-3-2-4-8-12;1-11-7-9-13(10-8-11)12-5-3-2-4-6-12;6*1-2/h3*2-10H,1H3;6*1-2H3.